The maximum atomic E-state index is 11.2. The maximum Gasteiger partial charge on any atom is 0.342 e. The molecule has 0 heterocycles. The highest BCUT2D eigenvalue weighted by Crippen LogP contribution is 2.04. The minimum Gasteiger partial charge on any atom is -0.478 e. The number of carboxylic acids is 1. The number of rotatable bonds is 5. The van der Waals surface area contributed by atoms with Crippen LogP contribution < -0.4 is 0 Å². The molecule has 0 aliphatic heterocycles. The van der Waals surface area contributed by atoms with Gasteiger partial charge in [0, 0.05) is 30.8 Å². The lowest BCUT2D eigenvalue weighted by molar-refractivity contribution is -0.153. The van der Waals surface area contributed by atoms with Crippen molar-refractivity contribution in [3.63, 3.8) is 0 Å². The fourth-order valence-corrected chi connectivity index (χ4v) is 0.830. The van der Waals surface area contributed by atoms with Gasteiger partial charge < -0.3 is 14.9 Å². The van der Waals surface area contributed by atoms with Crippen molar-refractivity contribution in [1.82, 2.24) is 0 Å². The van der Waals surface area contributed by atoms with Crippen LogP contribution in [-0.2, 0) is 19.1 Å². The molecule has 16 heavy (non-hydrogen) atoms. The average molecular weight is 228 g/mol. The van der Waals surface area contributed by atoms with Crippen LogP contribution in [0.25, 0.3) is 0 Å². The second-order valence-electron chi connectivity index (χ2n) is 2.69. The quantitative estimate of drug-likeness (QED) is 0.391. The van der Waals surface area contributed by atoms with Crippen LogP contribution in [0.4, 0.5) is 0 Å². The number of hydrogen-bond acceptors (Lipinski definition) is 5. The molecule has 0 aliphatic carbocycles. The first kappa shape index (κ1) is 14.1. The van der Waals surface area contributed by atoms with E-state index < -0.39 is 24.5 Å². The van der Waals surface area contributed by atoms with Crippen molar-refractivity contribution in [2.45, 2.75) is 13.3 Å². The first-order chi connectivity index (χ1) is 7.51. The molecule has 0 fully saturated rings. The number of aliphatic hydroxyl groups is 1. The zero-order valence-electron chi connectivity index (χ0n) is 8.67. The van der Waals surface area contributed by atoms with Crippen molar-refractivity contribution in [3.8, 4) is 0 Å². The van der Waals surface area contributed by atoms with E-state index >= 15 is 0 Å². The minimum atomic E-state index is -1.35. The van der Waals surface area contributed by atoms with Crippen LogP contribution in [0.3, 0.4) is 0 Å². The highest BCUT2D eigenvalue weighted by Gasteiger charge is 2.15. The third kappa shape index (κ3) is 5.71. The van der Waals surface area contributed by atoms with Gasteiger partial charge in [-0.25, -0.2) is 14.4 Å². The molecule has 0 aromatic rings. The highest BCUT2D eigenvalue weighted by atomic mass is 16.6. The molecule has 0 spiro atoms. The number of carbonyl (C=O) groups excluding carboxylic acids is 2. The first-order valence-electron chi connectivity index (χ1n) is 4.44. The number of ether oxygens (including phenoxy) is 1. The van der Waals surface area contributed by atoms with Crippen LogP contribution in [0.5, 0.6) is 0 Å². The van der Waals surface area contributed by atoms with Gasteiger partial charge in [0.05, 0.1) is 0 Å². The molecule has 6 heteroatoms. The third-order valence-corrected chi connectivity index (χ3v) is 1.44. The number of hydrogen-bond donors (Lipinski definition) is 2. The van der Waals surface area contributed by atoms with Crippen molar-refractivity contribution in [2.24, 2.45) is 0 Å². The molecule has 0 radical (unpaired) electrons. The third-order valence-electron chi connectivity index (χ3n) is 1.44. The fraction of sp³-hybridized carbons (Fsp3) is 0.300. The van der Waals surface area contributed by atoms with Gasteiger partial charge in [0.1, 0.15) is 0 Å². The van der Waals surface area contributed by atoms with Crippen LogP contribution in [0.15, 0.2) is 23.8 Å². The van der Waals surface area contributed by atoms with Crippen LogP contribution in [-0.4, -0.2) is 34.7 Å². The Balaban J connectivity index is 4.63. The summed E-state index contributed by atoms with van der Waals surface area (Å²) in [5.41, 5.74) is -0.271. The summed E-state index contributed by atoms with van der Waals surface area (Å²) in [6.07, 6.45) is 2.81. The molecule has 0 unspecified atom stereocenters. The van der Waals surface area contributed by atoms with E-state index in [-0.39, 0.29) is 12.0 Å². The molecule has 0 saturated carbocycles. The van der Waals surface area contributed by atoms with E-state index in [0.717, 1.165) is 6.08 Å². The van der Waals surface area contributed by atoms with Gasteiger partial charge in [0.15, 0.2) is 0 Å². The number of esters is 2. The van der Waals surface area contributed by atoms with E-state index in [1.807, 2.05) is 0 Å². The van der Waals surface area contributed by atoms with Gasteiger partial charge in [-0.3, -0.25) is 0 Å². The van der Waals surface area contributed by atoms with E-state index in [9.17, 15) is 14.4 Å². The molecule has 2 N–H and O–H groups in total. The standard InChI is InChI=1S/C10H12O6/c1-2-3-9(14)16-10(15)7(4-5-11)6-8(12)13/h2-3,6,11H,4-5H2,1H3,(H,12,13)/b3-2?,7-6-. The summed E-state index contributed by atoms with van der Waals surface area (Å²) < 4.78 is 4.30. The lowest BCUT2D eigenvalue weighted by Crippen LogP contribution is -2.14. The van der Waals surface area contributed by atoms with Gasteiger partial charge in [-0.15, -0.1) is 0 Å². The lowest BCUT2D eigenvalue weighted by Gasteiger charge is -2.02. The second kappa shape index (κ2) is 7.36. The maximum absolute atomic E-state index is 11.2. The summed E-state index contributed by atoms with van der Waals surface area (Å²) in [7, 11) is 0. The average Bonchev–Trinajstić information content (AvgIpc) is 2.16. The van der Waals surface area contributed by atoms with Gasteiger partial charge >= 0.3 is 17.9 Å². The van der Waals surface area contributed by atoms with Gasteiger partial charge in [-0.05, 0) is 6.92 Å². The van der Waals surface area contributed by atoms with Crippen LogP contribution in [0.2, 0.25) is 0 Å². The first-order valence-corrected chi connectivity index (χ1v) is 4.44. The molecule has 0 saturated heterocycles. The van der Waals surface area contributed by atoms with Crippen molar-refractivity contribution in [2.75, 3.05) is 6.61 Å². The second-order valence-corrected chi connectivity index (χ2v) is 2.69. The zero-order chi connectivity index (χ0) is 12.6. The number of carboxylic acid groups (broad SMARTS) is 1. The largest absolute Gasteiger partial charge is 0.478 e. The van der Waals surface area contributed by atoms with E-state index in [1.54, 1.807) is 6.92 Å². The molecule has 0 aliphatic rings. The molecule has 0 atom stereocenters. The van der Waals surface area contributed by atoms with Crippen molar-refractivity contribution in [3.05, 3.63) is 23.8 Å². The van der Waals surface area contributed by atoms with Crippen molar-refractivity contribution >= 4 is 17.9 Å². The number of aliphatic carboxylic acids is 1. The molecule has 88 valence electrons. The van der Waals surface area contributed by atoms with Crippen LogP contribution >= 0.6 is 0 Å². The van der Waals surface area contributed by atoms with Gasteiger partial charge in [0.2, 0.25) is 0 Å². The summed E-state index contributed by atoms with van der Waals surface area (Å²) in [6.45, 7) is 1.15. The minimum absolute atomic E-state index is 0.186. The Kier molecular flexibility index (Phi) is 6.46. The number of carbonyl (C=O) groups is 3. The van der Waals surface area contributed by atoms with Crippen molar-refractivity contribution < 1.29 is 29.3 Å². The van der Waals surface area contributed by atoms with Crippen LogP contribution in [0, 0.1) is 0 Å². The molecule has 0 bridgehead atoms. The summed E-state index contributed by atoms with van der Waals surface area (Å²) in [5.74, 6) is -3.31. The molecule has 0 rings (SSSR count). The van der Waals surface area contributed by atoms with E-state index in [2.05, 4.69) is 4.74 Å². The summed E-state index contributed by atoms with van der Waals surface area (Å²) >= 11 is 0. The normalized spacial score (nSPS) is 11.5. The van der Waals surface area contributed by atoms with Gasteiger partial charge in [-0.1, -0.05) is 6.08 Å². The molecule has 0 aromatic heterocycles. The monoisotopic (exact) mass is 228 g/mol. The number of aliphatic hydroxyl groups excluding tert-OH is 1. The molecule has 0 aromatic carbocycles. The number of allylic oxidation sites excluding steroid dienone is 1. The Hall–Kier alpha value is -1.95. The SMILES string of the molecule is CC=CC(=O)OC(=O)/C(=C\C(=O)O)CCO. The van der Waals surface area contributed by atoms with Gasteiger partial charge in [-0.2, -0.15) is 0 Å². The predicted molar refractivity (Wildman–Crippen MR) is 53.3 cm³/mol. The van der Waals surface area contributed by atoms with Crippen molar-refractivity contribution in [1.29, 1.82) is 0 Å². The summed E-state index contributed by atoms with van der Waals surface area (Å²) in [6, 6.07) is 0. The van der Waals surface area contributed by atoms with Crippen LogP contribution in [0.1, 0.15) is 13.3 Å². The Morgan fingerprint density at radius 3 is 2.38 bits per heavy atom. The lowest BCUT2D eigenvalue weighted by atomic mass is 10.2. The molecule has 6 nitrogen and oxygen atoms in total. The Morgan fingerprint density at radius 2 is 1.94 bits per heavy atom. The van der Waals surface area contributed by atoms with E-state index in [4.69, 9.17) is 10.2 Å². The predicted octanol–water partition coefficient (Wildman–Crippen LogP) is 0.0257. The molecular weight excluding hydrogens is 216 g/mol. The smallest absolute Gasteiger partial charge is 0.342 e. The topological polar surface area (TPSA) is 101 Å². The Bertz CT molecular complexity index is 339. The Morgan fingerprint density at radius 1 is 1.31 bits per heavy atom. The molecule has 0 amide bonds. The van der Waals surface area contributed by atoms with E-state index in [0.29, 0.717) is 6.08 Å². The van der Waals surface area contributed by atoms with Gasteiger partial charge in [0.25, 0.3) is 0 Å². The zero-order valence-corrected chi connectivity index (χ0v) is 8.67. The van der Waals surface area contributed by atoms with E-state index in [1.165, 1.54) is 6.08 Å². The fourth-order valence-electron chi connectivity index (χ4n) is 0.830. The summed E-state index contributed by atoms with van der Waals surface area (Å²) in [5, 5.41) is 17.0. The highest BCUT2D eigenvalue weighted by molar-refractivity contribution is 6.02. The summed E-state index contributed by atoms with van der Waals surface area (Å²) in [4.78, 5) is 32.5. The Labute approximate surface area is 91.8 Å². The molecular formula is C10H12O6.